The second-order valence-electron chi connectivity index (χ2n) is 7.77. The summed E-state index contributed by atoms with van der Waals surface area (Å²) < 4.78 is 24.0. The molecule has 0 aliphatic carbocycles. The van der Waals surface area contributed by atoms with E-state index in [1.807, 2.05) is 6.92 Å². The van der Waals surface area contributed by atoms with Gasteiger partial charge in [-0.05, 0) is 38.5 Å². The van der Waals surface area contributed by atoms with Gasteiger partial charge < -0.3 is 15.2 Å². The Morgan fingerprint density at radius 3 is 2.71 bits per heavy atom. The Labute approximate surface area is 185 Å². The number of aryl methyl sites for hydroxylation is 1. The molecule has 2 unspecified atom stereocenters. The van der Waals surface area contributed by atoms with E-state index < -0.39 is 11.7 Å². The molecule has 0 bridgehead atoms. The highest BCUT2D eigenvalue weighted by Crippen LogP contribution is 2.24. The molecule has 1 heterocycles. The maximum Gasteiger partial charge on any atom is 0.310 e. The fraction of sp³-hybridized carbons (Fsp3) is 0.652. The average molecular weight is 435 g/mol. The summed E-state index contributed by atoms with van der Waals surface area (Å²) >= 11 is 0. The van der Waals surface area contributed by atoms with Gasteiger partial charge in [-0.2, -0.15) is 9.37 Å². The zero-order valence-electron chi connectivity index (χ0n) is 19.1. The second kappa shape index (κ2) is 13.7. The third-order valence-electron chi connectivity index (χ3n) is 5.11. The summed E-state index contributed by atoms with van der Waals surface area (Å²) in [5, 5.41) is 0. The average Bonchev–Trinajstić information content (AvgIpc) is 2.73. The Bertz CT molecular complexity index is 756. The predicted molar refractivity (Wildman–Crippen MR) is 121 cm³/mol. The number of esters is 1. The lowest BCUT2D eigenvalue weighted by molar-refractivity contribution is -0.150. The van der Waals surface area contributed by atoms with Gasteiger partial charge in [-0.25, -0.2) is 4.98 Å². The molecule has 0 amide bonds. The first-order valence-electron chi connectivity index (χ1n) is 10.8. The minimum absolute atomic E-state index is 0.00990. The number of nitrogen functional groups attached to an aromatic ring is 1. The van der Waals surface area contributed by atoms with Crippen LogP contribution in [0.3, 0.4) is 0 Å². The third kappa shape index (κ3) is 9.43. The van der Waals surface area contributed by atoms with Crippen molar-refractivity contribution in [2.75, 3.05) is 19.5 Å². The number of hydrogen-bond acceptors (Lipinski definition) is 7. The van der Waals surface area contributed by atoms with Crippen molar-refractivity contribution in [1.82, 2.24) is 9.97 Å². The number of terminal acetylenes is 1. The Balaban J connectivity index is 2.52. The van der Waals surface area contributed by atoms with Gasteiger partial charge in [0.05, 0.1) is 5.69 Å². The molecule has 0 radical (unpaired) electrons. The van der Waals surface area contributed by atoms with E-state index in [1.54, 1.807) is 13.1 Å². The topological polar surface area (TPSA) is 99.7 Å². The summed E-state index contributed by atoms with van der Waals surface area (Å²) in [5.74, 6) is 2.52. The Morgan fingerprint density at radius 2 is 2.10 bits per heavy atom. The van der Waals surface area contributed by atoms with Crippen molar-refractivity contribution in [3.63, 3.8) is 0 Å². The quantitative estimate of drug-likeness (QED) is 0.152. The smallest absolute Gasteiger partial charge is 0.310 e. The summed E-state index contributed by atoms with van der Waals surface area (Å²) in [6.45, 7) is 5.79. The van der Waals surface area contributed by atoms with Crippen LogP contribution in [0.1, 0.15) is 70.9 Å². The molecule has 1 aromatic rings. The molecule has 31 heavy (non-hydrogen) atoms. The van der Waals surface area contributed by atoms with E-state index in [0.29, 0.717) is 24.2 Å². The molecule has 7 nitrogen and oxygen atoms in total. The number of halogens is 1. The van der Waals surface area contributed by atoms with Gasteiger partial charge in [-0.3, -0.25) is 9.79 Å². The summed E-state index contributed by atoms with van der Waals surface area (Å²) in [6, 6.07) is 0. The van der Waals surface area contributed by atoms with E-state index in [9.17, 15) is 9.18 Å². The molecule has 1 rings (SSSR count). The Kier molecular flexibility index (Phi) is 11.7. The first kappa shape index (κ1) is 26.5. The number of hydrogen-bond donors (Lipinski definition) is 1. The molecule has 0 saturated heterocycles. The molecule has 2 N–H and O–H groups in total. The van der Waals surface area contributed by atoms with Crippen LogP contribution >= 0.6 is 0 Å². The van der Waals surface area contributed by atoms with Crippen molar-refractivity contribution in [3.05, 3.63) is 11.8 Å². The summed E-state index contributed by atoms with van der Waals surface area (Å²) in [4.78, 5) is 23.4. The Hall–Kier alpha value is -2.53. The molecule has 0 saturated carbocycles. The molecule has 1 aromatic heterocycles. The summed E-state index contributed by atoms with van der Waals surface area (Å²) in [6.07, 6.45) is 13.1. The van der Waals surface area contributed by atoms with Crippen molar-refractivity contribution in [2.45, 2.75) is 77.7 Å². The number of ether oxygens (including phenoxy) is 2. The highest BCUT2D eigenvalue weighted by molar-refractivity contribution is 5.71. The van der Waals surface area contributed by atoms with E-state index >= 15 is 0 Å². The Morgan fingerprint density at radius 1 is 1.35 bits per heavy atom. The molecule has 0 aliphatic heterocycles. The fourth-order valence-electron chi connectivity index (χ4n) is 3.07. The molecule has 172 valence electrons. The van der Waals surface area contributed by atoms with Gasteiger partial charge in [0, 0.05) is 19.7 Å². The van der Waals surface area contributed by atoms with Crippen LogP contribution in [0, 0.1) is 31.3 Å². The van der Waals surface area contributed by atoms with Gasteiger partial charge >= 0.3 is 12.0 Å². The number of rotatable bonds is 14. The van der Waals surface area contributed by atoms with E-state index in [1.165, 1.54) is 7.11 Å². The largest absolute Gasteiger partial charge is 0.462 e. The molecule has 0 aromatic carbocycles. The monoisotopic (exact) mass is 434 g/mol. The van der Waals surface area contributed by atoms with E-state index in [4.69, 9.17) is 21.6 Å². The molecular formula is C23H35FN4O3. The van der Waals surface area contributed by atoms with Gasteiger partial charge in [-0.1, -0.05) is 39.0 Å². The van der Waals surface area contributed by atoms with Gasteiger partial charge in [0.1, 0.15) is 12.3 Å². The standard InChI is InChI=1S/C23H35FN4O3/c1-6-8-9-10-13-19(29)31-16-23(7-2,30-5)14-11-12-17(3)15-26-20-18(4)27-22(24)28-21(20)25/h2,15,17H,6,8-14,16H2,1,3-5H3,(H2,25,27,28). The molecule has 8 heteroatoms. The van der Waals surface area contributed by atoms with Crippen LogP contribution in [-0.2, 0) is 14.3 Å². The van der Waals surface area contributed by atoms with Crippen LogP contribution in [0.2, 0.25) is 0 Å². The van der Waals surface area contributed by atoms with E-state index in [0.717, 1.165) is 38.5 Å². The highest BCUT2D eigenvalue weighted by atomic mass is 19.1. The predicted octanol–water partition coefficient (Wildman–Crippen LogP) is 4.55. The molecule has 0 aliphatic rings. The first-order chi connectivity index (χ1) is 14.8. The van der Waals surface area contributed by atoms with Crippen molar-refractivity contribution in [2.24, 2.45) is 10.9 Å². The van der Waals surface area contributed by atoms with Gasteiger partial charge in [0.2, 0.25) is 0 Å². The normalized spacial score (nSPS) is 14.2. The lowest BCUT2D eigenvalue weighted by atomic mass is 9.95. The molecule has 0 fully saturated rings. The van der Waals surface area contributed by atoms with E-state index in [-0.39, 0.29) is 24.3 Å². The van der Waals surface area contributed by atoms with E-state index in [2.05, 4.69) is 27.8 Å². The lowest BCUT2D eigenvalue weighted by Gasteiger charge is -2.26. The summed E-state index contributed by atoms with van der Waals surface area (Å²) in [7, 11) is 1.53. The number of aliphatic imine (C=N–C) groups is 1. The second-order valence-corrected chi connectivity index (χ2v) is 7.77. The van der Waals surface area contributed by atoms with Crippen LogP contribution in [0.15, 0.2) is 4.99 Å². The zero-order chi connectivity index (χ0) is 23.3. The number of methoxy groups -OCH3 is 1. The SMILES string of the molecule is C#CC(CCCC(C)C=Nc1c(C)nc(F)nc1N)(COC(=O)CCCCCC)OC. The van der Waals surface area contributed by atoms with Crippen LogP contribution in [0.5, 0.6) is 0 Å². The number of aromatic nitrogens is 2. The van der Waals surface area contributed by atoms with Crippen molar-refractivity contribution >= 4 is 23.7 Å². The molecule has 0 spiro atoms. The number of anilines is 1. The summed E-state index contributed by atoms with van der Waals surface area (Å²) in [5.41, 5.74) is 5.53. The van der Waals surface area contributed by atoms with Crippen LogP contribution in [0.4, 0.5) is 15.9 Å². The minimum Gasteiger partial charge on any atom is -0.462 e. The molecule has 2 atom stereocenters. The van der Waals surface area contributed by atoms with Crippen LogP contribution in [-0.4, -0.2) is 41.5 Å². The molecular weight excluding hydrogens is 399 g/mol. The number of unbranched alkanes of at least 4 members (excludes halogenated alkanes) is 3. The number of carbonyl (C=O) groups is 1. The third-order valence-corrected chi connectivity index (χ3v) is 5.11. The van der Waals surface area contributed by atoms with Crippen LogP contribution in [0.25, 0.3) is 0 Å². The van der Waals surface area contributed by atoms with Crippen molar-refractivity contribution in [3.8, 4) is 12.3 Å². The van der Waals surface area contributed by atoms with Gasteiger partial charge in [0.25, 0.3) is 0 Å². The minimum atomic E-state index is -0.943. The maximum atomic E-state index is 13.1. The van der Waals surface area contributed by atoms with Gasteiger partial charge in [0.15, 0.2) is 11.4 Å². The number of carbonyl (C=O) groups excluding carboxylic acids is 1. The number of nitrogens with zero attached hydrogens (tertiary/aromatic N) is 3. The highest BCUT2D eigenvalue weighted by Gasteiger charge is 2.29. The van der Waals surface area contributed by atoms with Crippen molar-refractivity contribution < 1.29 is 18.7 Å². The van der Waals surface area contributed by atoms with Gasteiger partial charge in [-0.15, -0.1) is 6.42 Å². The fourth-order valence-corrected chi connectivity index (χ4v) is 3.07. The lowest BCUT2D eigenvalue weighted by Crippen LogP contribution is -2.36. The zero-order valence-corrected chi connectivity index (χ0v) is 19.1. The van der Waals surface area contributed by atoms with Crippen LogP contribution < -0.4 is 5.73 Å². The maximum absolute atomic E-state index is 13.1. The first-order valence-corrected chi connectivity index (χ1v) is 10.8. The number of nitrogens with two attached hydrogens (primary N) is 1. The van der Waals surface area contributed by atoms with Crippen molar-refractivity contribution in [1.29, 1.82) is 0 Å².